The zero-order valence-corrected chi connectivity index (χ0v) is 9.09. The molecule has 2 unspecified atom stereocenters. The number of aliphatic hydroxyl groups is 1. The molecule has 0 saturated carbocycles. The second-order valence-electron chi connectivity index (χ2n) is 4.36. The Bertz CT molecular complexity index is 373. The largest absolute Gasteiger partial charge is 0.388 e. The number of aliphatic hydroxyl groups excluding tert-OH is 1. The Balaban J connectivity index is 1.89. The predicted octanol–water partition coefficient (Wildman–Crippen LogP) is 0.164. The summed E-state index contributed by atoms with van der Waals surface area (Å²) in [7, 11) is 0. The minimum Gasteiger partial charge on any atom is -0.388 e. The van der Waals surface area contributed by atoms with Crippen LogP contribution in [0.5, 0.6) is 0 Å². The van der Waals surface area contributed by atoms with Gasteiger partial charge in [-0.25, -0.2) is 4.68 Å². The lowest BCUT2D eigenvalue weighted by Crippen LogP contribution is -2.29. The minimum absolute atomic E-state index is 0.102. The summed E-state index contributed by atoms with van der Waals surface area (Å²) >= 11 is 0. The number of hydrogen-bond donors (Lipinski definition) is 2. The van der Waals surface area contributed by atoms with Crippen molar-refractivity contribution in [3.63, 3.8) is 0 Å². The number of hydrogen-bond acceptors (Lipinski definition) is 5. The van der Waals surface area contributed by atoms with Gasteiger partial charge in [-0.3, -0.25) is 0 Å². The average Bonchev–Trinajstić information content (AvgIpc) is 2.97. The van der Waals surface area contributed by atoms with Gasteiger partial charge in [0.2, 0.25) is 5.95 Å². The van der Waals surface area contributed by atoms with E-state index in [4.69, 9.17) is 9.84 Å². The first-order chi connectivity index (χ1) is 7.88. The highest BCUT2D eigenvalue weighted by atomic mass is 16.5. The maximum Gasteiger partial charge on any atom is 0.221 e. The third-order valence-electron chi connectivity index (χ3n) is 3.36. The molecule has 0 aromatic carbocycles. The van der Waals surface area contributed by atoms with Gasteiger partial charge in [-0.1, -0.05) is 0 Å². The molecule has 1 saturated heterocycles. The predicted molar refractivity (Wildman–Crippen MR) is 57.0 cm³/mol. The van der Waals surface area contributed by atoms with Crippen molar-refractivity contribution in [2.75, 3.05) is 25.1 Å². The van der Waals surface area contributed by atoms with Gasteiger partial charge in [0, 0.05) is 19.1 Å². The Hall–Kier alpha value is -1.14. The van der Waals surface area contributed by atoms with Crippen molar-refractivity contribution >= 4 is 5.95 Å². The molecular weight excluding hydrogens is 208 g/mol. The summed E-state index contributed by atoms with van der Waals surface area (Å²) in [5.74, 6) is 1.81. The Labute approximate surface area is 93.6 Å². The molecule has 0 amide bonds. The SMILES string of the molecule is OCc1nc2n(n1)C(C1CCOC1)CCN2. The van der Waals surface area contributed by atoms with Crippen LogP contribution in [0.15, 0.2) is 0 Å². The first kappa shape index (κ1) is 10.0. The summed E-state index contributed by atoms with van der Waals surface area (Å²) < 4.78 is 7.35. The van der Waals surface area contributed by atoms with Crippen LogP contribution in [-0.2, 0) is 11.3 Å². The van der Waals surface area contributed by atoms with Crippen molar-refractivity contribution in [2.45, 2.75) is 25.5 Å². The molecule has 1 aromatic rings. The van der Waals surface area contributed by atoms with Crippen molar-refractivity contribution in [1.29, 1.82) is 0 Å². The lowest BCUT2D eigenvalue weighted by molar-refractivity contribution is 0.167. The van der Waals surface area contributed by atoms with E-state index < -0.39 is 0 Å². The van der Waals surface area contributed by atoms with E-state index >= 15 is 0 Å². The van der Waals surface area contributed by atoms with E-state index in [-0.39, 0.29) is 6.61 Å². The van der Waals surface area contributed by atoms with Crippen LogP contribution in [0.1, 0.15) is 24.7 Å². The quantitative estimate of drug-likeness (QED) is 0.749. The smallest absolute Gasteiger partial charge is 0.221 e. The van der Waals surface area contributed by atoms with E-state index in [9.17, 15) is 0 Å². The van der Waals surface area contributed by atoms with Gasteiger partial charge >= 0.3 is 0 Å². The highest BCUT2D eigenvalue weighted by Gasteiger charge is 2.32. The summed E-state index contributed by atoms with van der Waals surface area (Å²) in [6.07, 6.45) is 2.15. The van der Waals surface area contributed by atoms with E-state index in [2.05, 4.69) is 15.4 Å². The third-order valence-corrected chi connectivity index (χ3v) is 3.36. The molecular formula is C10H16N4O2. The van der Waals surface area contributed by atoms with Crippen molar-refractivity contribution < 1.29 is 9.84 Å². The zero-order valence-electron chi connectivity index (χ0n) is 9.09. The third kappa shape index (κ3) is 1.58. The molecule has 2 aliphatic rings. The molecule has 3 rings (SSSR count). The molecule has 1 aromatic heterocycles. The fourth-order valence-electron chi connectivity index (χ4n) is 2.53. The summed E-state index contributed by atoms with van der Waals surface area (Å²) in [6.45, 7) is 2.49. The van der Waals surface area contributed by atoms with Gasteiger partial charge in [-0.15, -0.1) is 0 Å². The van der Waals surface area contributed by atoms with Crippen LogP contribution < -0.4 is 5.32 Å². The number of fused-ring (bicyclic) bond motifs is 1. The van der Waals surface area contributed by atoms with Gasteiger partial charge in [0.1, 0.15) is 6.61 Å². The highest BCUT2D eigenvalue weighted by molar-refractivity contribution is 5.28. The molecule has 2 aliphatic heterocycles. The molecule has 6 heteroatoms. The average molecular weight is 224 g/mol. The van der Waals surface area contributed by atoms with Crippen molar-refractivity contribution in [3.05, 3.63) is 5.82 Å². The van der Waals surface area contributed by atoms with E-state index in [1.807, 2.05) is 4.68 Å². The van der Waals surface area contributed by atoms with Crippen molar-refractivity contribution in [2.24, 2.45) is 5.92 Å². The van der Waals surface area contributed by atoms with Crippen molar-refractivity contribution in [3.8, 4) is 0 Å². The van der Waals surface area contributed by atoms with Crippen LogP contribution in [0.4, 0.5) is 5.95 Å². The molecule has 2 N–H and O–H groups in total. The number of nitrogens with zero attached hydrogens (tertiary/aromatic N) is 3. The summed E-state index contributed by atoms with van der Waals surface area (Å²) in [4.78, 5) is 4.24. The molecule has 1 fully saturated rings. The molecule has 6 nitrogen and oxygen atoms in total. The first-order valence-electron chi connectivity index (χ1n) is 5.76. The summed E-state index contributed by atoms with van der Waals surface area (Å²) in [5, 5.41) is 16.6. The maximum atomic E-state index is 9.05. The highest BCUT2D eigenvalue weighted by Crippen LogP contribution is 2.33. The van der Waals surface area contributed by atoms with Crippen LogP contribution >= 0.6 is 0 Å². The molecule has 0 spiro atoms. The van der Waals surface area contributed by atoms with Crippen LogP contribution in [-0.4, -0.2) is 39.6 Å². The normalized spacial score (nSPS) is 28.8. The van der Waals surface area contributed by atoms with Crippen LogP contribution in [0.25, 0.3) is 0 Å². The molecule has 16 heavy (non-hydrogen) atoms. The number of rotatable bonds is 2. The van der Waals surface area contributed by atoms with Crippen LogP contribution in [0.3, 0.4) is 0 Å². The first-order valence-corrected chi connectivity index (χ1v) is 5.76. The Morgan fingerprint density at radius 2 is 2.44 bits per heavy atom. The lowest BCUT2D eigenvalue weighted by Gasteiger charge is -2.28. The standard InChI is InChI=1S/C10H16N4O2/c15-5-9-12-10-11-3-1-8(14(10)13-9)7-2-4-16-6-7/h7-8,15H,1-6H2,(H,11,12,13). The van der Waals surface area contributed by atoms with Crippen molar-refractivity contribution in [1.82, 2.24) is 14.8 Å². The zero-order chi connectivity index (χ0) is 11.0. The Morgan fingerprint density at radius 3 is 3.19 bits per heavy atom. The summed E-state index contributed by atoms with van der Waals surface area (Å²) in [6, 6.07) is 0.367. The maximum absolute atomic E-state index is 9.05. The number of anilines is 1. The van der Waals surface area contributed by atoms with Crippen LogP contribution in [0, 0.1) is 5.92 Å². The minimum atomic E-state index is -0.102. The Morgan fingerprint density at radius 1 is 1.50 bits per heavy atom. The Kier molecular flexibility index (Phi) is 2.53. The topological polar surface area (TPSA) is 72.2 Å². The number of aromatic nitrogens is 3. The van der Waals surface area contributed by atoms with Gasteiger partial charge in [0.25, 0.3) is 0 Å². The van der Waals surface area contributed by atoms with Gasteiger partial charge in [-0.05, 0) is 12.8 Å². The molecule has 3 heterocycles. The number of nitrogens with one attached hydrogen (secondary N) is 1. The van der Waals surface area contributed by atoms with E-state index in [0.717, 1.165) is 38.5 Å². The second kappa shape index (κ2) is 4.03. The number of ether oxygens (including phenoxy) is 1. The second-order valence-corrected chi connectivity index (χ2v) is 4.36. The molecule has 0 aliphatic carbocycles. The molecule has 0 bridgehead atoms. The lowest BCUT2D eigenvalue weighted by atomic mass is 9.95. The van der Waals surface area contributed by atoms with Gasteiger partial charge in [0.15, 0.2) is 5.82 Å². The van der Waals surface area contributed by atoms with Gasteiger partial charge in [-0.2, -0.15) is 10.1 Å². The van der Waals surface area contributed by atoms with E-state index in [1.54, 1.807) is 0 Å². The van der Waals surface area contributed by atoms with E-state index in [0.29, 0.717) is 17.8 Å². The van der Waals surface area contributed by atoms with Crippen LogP contribution in [0.2, 0.25) is 0 Å². The van der Waals surface area contributed by atoms with Gasteiger partial charge in [0.05, 0.1) is 12.6 Å². The monoisotopic (exact) mass is 224 g/mol. The molecule has 0 radical (unpaired) electrons. The van der Waals surface area contributed by atoms with Gasteiger partial charge < -0.3 is 15.2 Å². The van der Waals surface area contributed by atoms with E-state index in [1.165, 1.54) is 0 Å². The molecule has 88 valence electrons. The summed E-state index contributed by atoms with van der Waals surface area (Å²) in [5.41, 5.74) is 0. The fraction of sp³-hybridized carbons (Fsp3) is 0.800. The fourth-order valence-corrected chi connectivity index (χ4v) is 2.53. The molecule has 2 atom stereocenters.